The first kappa shape index (κ1) is 26.6. The number of hydrogen-bond acceptors (Lipinski definition) is 7. The molecule has 1 heterocycles. The third-order valence-electron chi connectivity index (χ3n) is 0.482. The number of anilines is 1. The van der Waals surface area contributed by atoms with E-state index in [9.17, 15) is 0 Å². The van der Waals surface area contributed by atoms with E-state index in [1.165, 1.54) is 11.3 Å². The molecule has 0 amide bonds. The maximum absolute atomic E-state index is 8.24. The molecule has 0 aromatic carbocycles. The van der Waals surface area contributed by atoms with Gasteiger partial charge in [-0.1, -0.05) is 12.0 Å². The zero-order valence-electron chi connectivity index (χ0n) is 8.80. The van der Waals surface area contributed by atoms with Crippen LogP contribution in [0.3, 0.4) is 0 Å². The summed E-state index contributed by atoms with van der Waals surface area (Å²) >= 11 is 5.45. The number of nitrogens with zero attached hydrogens (tertiary/aromatic N) is 2. The summed E-state index contributed by atoms with van der Waals surface area (Å²) in [6, 6.07) is 0. The number of hydrazine groups is 1. The molecule has 0 saturated carbocycles. The van der Waals surface area contributed by atoms with Gasteiger partial charge in [0.1, 0.15) is 0 Å². The minimum Gasteiger partial charge on any atom is -0.665 e. The Morgan fingerprint density at radius 3 is 2.06 bits per heavy atom. The third-order valence-corrected chi connectivity index (χ3v) is 1.06. The van der Waals surface area contributed by atoms with Gasteiger partial charge >= 0.3 is 116 Å². The van der Waals surface area contributed by atoms with Gasteiger partial charge in [-0.05, 0) is 12.2 Å². The molecule has 0 spiro atoms. The average Bonchev–Trinajstić information content (AvgIpc) is 2.58. The SMILES string of the molecule is NNC(N)=S.Nc1nn[c-]s1.O=[C-]O.[Rb+].[Rb+]. The van der Waals surface area contributed by atoms with Crippen molar-refractivity contribution in [3.8, 4) is 0 Å². The number of thiocarbonyl (C=S) groups is 1. The molecule has 1 aromatic heterocycles. The maximum atomic E-state index is 8.24. The van der Waals surface area contributed by atoms with E-state index in [0.29, 0.717) is 11.6 Å². The Hall–Kier alpha value is 2.09. The second-order valence-corrected chi connectivity index (χ2v) is 2.58. The van der Waals surface area contributed by atoms with Crippen molar-refractivity contribution in [3.05, 3.63) is 5.51 Å². The van der Waals surface area contributed by atoms with Crippen LogP contribution in [0.15, 0.2) is 0 Å². The first-order valence-electron chi connectivity index (χ1n) is 2.80. The van der Waals surface area contributed by atoms with Crippen LogP contribution in [0.1, 0.15) is 0 Å². The smallest absolute Gasteiger partial charge is 0.665 e. The minimum absolute atomic E-state index is 0. The topological polar surface area (TPSA) is 153 Å². The van der Waals surface area contributed by atoms with Gasteiger partial charge in [0.25, 0.3) is 0 Å². The molecule has 80 valence electrons. The standard InChI is InChI=1S/C2H2N3S.CH5N3S.CHO2.2Rb/c3-2-5-4-1-6-2;2-1(5)4-3;2-1-3;;/h(H2,3,5);3H2,(H3,2,4,5);(H,2,3);;/q-1;;-1;2*+1. The van der Waals surface area contributed by atoms with Crippen LogP contribution in [-0.4, -0.2) is 26.9 Å². The van der Waals surface area contributed by atoms with Crippen molar-refractivity contribution in [2.75, 3.05) is 5.73 Å². The largest absolute Gasteiger partial charge is 1.00 e. The van der Waals surface area contributed by atoms with Gasteiger partial charge in [0.2, 0.25) is 0 Å². The monoisotopic (exact) mass is 406 g/mol. The zero-order chi connectivity index (χ0) is 11.4. The van der Waals surface area contributed by atoms with Crippen molar-refractivity contribution in [1.29, 1.82) is 0 Å². The van der Waals surface area contributed by atoms with Crippen LogP contribution in [0.5, 0.6) is 0 Å². The van der Waals surface area contributed by atoms with Crippen molar-refractivity contribution in [3.63, 3.8) is 0 Å². The fourth-order valence-electron chi connectivity index (χ4n) is 0.157. The van der Waals surface area contributed by atoms with Crippen molar-refractivity contribution >= 4 is 40.3 Å². The van der Waals surface area contributed by atoms with Crippen molar-refractivity contribution in [1.82, 2.24) is 15.6 Å². The Labute approximate surface area is 200 Å². The summed E-state index contributed by atoms with van der Waals surface area (Å²) < 4.78 is 0. The van der Waals surface area contributed by atoms with Crippen LogP contribution in [0.4, 0.5) is 5.13 Å². The molecule has 0 aliphatic carbocycles. The fourth-order valence-corrected chi connectivity index (χ4v) is 0.414. The van der Waals surface area contributed by atoms with Crippen LogP contribution in [-0.2, 0) is 4.79 Å². The van der Waals surface area contributed by atoms with E-state index in [-0.39, 0.29) is 121 Å². The maximum Gasteiger partial charge on any atom is 1.00 e. The quantitative estimate of drug-likeness (QED) is 0.122. The van der Waals surface area contributed by atoms with Crippen molar-refractivity contribution < 1.29 is 126 Å². The molecule has 12 heteroatoms. The van der Waals surface area contributed by atoms with Crippen LogP contribution in [0.2, 0.25) is 0 Å². The normalized spacial score (nSPS) is 6.06. The van der Waals surface area contributed by atoms with Gasteiger partial charge in [-0.2, -0.15) is 0 Å². The van der Waals surface area contributed by atoms with Crippen LogP contribution in [0, 0.1) is 5.51 Å². The molecule has 1 rings (SSSR count). The molecular formula is C4H8N6O2Rb2S2. The first-order valence-corrected chi connectivity index (χ1v) is 4.03. The van der Waals surface area contributed by atoms with Crippen LogP contribution < -0.4 is 139 Å². The summed E-state index contributed by atoms with van der Waals surface area (Å²) in [4.78, 5) is 8.24. The Bertz CT molecular complexity index is 249. The molecular weight excluding hydrogens is 399 g/mol. The molecule has 8 N–H and O–H groups in total. The van der Waals surface area contributed by atoms with E-state index in [1.54, 1.807) is 0 Å². The third kappa shape index (κ3) is 29.8. The number of aromatic nitrogens is 2. The predicted molar refractivity (Wildman–Crippen MR) is 55.6 cm³/mol. The van der Waals surface area contributed by atoms with E-state index in [4.69, 9.17) is 21.4 Å². The van der Waals surface area contributed by atoms with Gasteiger partial charge < -0.3 is 26.8 Å². The number of nitrogens with two attached hydrogens (primary N) is 3. The summed E-state index contributed by atoms with van der Waals surface area (Å²) in [6.07, 6.45) is 0. The number of nitrogens with one attached hydrogen (secondary N) is 1. The second kappa shape index (κ2) is 22.3. The number of hydrogen-bond donors (Lipinski definition) is 5. The Kier molecular flexibility index (Phi) is 37.1. The predicted octanol–water partition coefficient (Wildman–Crippen LogP) is -7.77. The molecule has 0 unspecified atom stereocenters. The molecule has 0 saturated heterocycles. The molecule has 1 aromatic rings. The second-order valence-electron chi connectivity index (χ2n) is 1.33. The van der Waals surface area contributed by atoms with Crippen LogP contribution >= 0.6 is 23.6 Å². The van der Waals surface area contributed by atoms with Gasteiger partial charge in [0.05, 0.1) is 0 Å². The van der Waals surface area contributed by atoms with Gasteiger partial charge in [-0.25, -0.2) is 10.9 Å². The molecule has 0 aliphatic heterocycles. The minimum atomic E-state index is 0. The summed E-state index contributed by atoms with van der Waals surface area (Å²) in [6.45, 7) is 0.500. The van der Waals surface area contributed by atoms with Gasteiger partial charge in [-0.3, -0.25) is 16.4 Å². The van der Waals surface area contributed by atoms with E-state index < -0.39 is 0 Å². The van der Waals surface area contributed by atoms with Crippen molar-refractivity contribution in [2.24, 2.45) is 11.6 Å². The molecule has 8 nitrogen and oxygen atoms in total. The van der Waals surface area contributed by atoms with E-state index in [2.05, 4.69) is 33.8 Å². The van der Waals surface area contributed by atoms with Crippen molar-refractivity contribution in [2.45, 2.75) is 0 Å². The zero-order valence-corrected chi connectivity index (χ0v) is 20.3. The summed E-state index contributed by atoms with van der Waals surface area (Å²) in [5.74, 6) is 4.66. The molecule has 16 heavy (non-hydrogen) atoms. The fraction of sp³-hybridized carbons (Fsp3) is 0. The average molecular weight is 407 g/mol. The molecule has 0 fully saturated rings. The molecule has 0 atom stereocenters. The first-order chi connectivity index (χ1) is 6.58. The summed E-state index contributed by atoms with van der Waals surface area (Å²) in [5, 5.41) is 14.1. The Morgan fingerprint density at radius 2 is 2.00 bits per heavy atom. The van der Waals surface area contributed by atoms with E-state index in [1.807, 2.05) is 5.43 Å². The Morgan fingerprint density at radius 1 is 1.62 bits per heavy atom. The van der Waals surface area contributed by atoms with Gasteiger partial charge in [0, 0.05) is 5.13 Å². The molecule has 0 radical (unpaired) electrons. The molecule has 0 bridgehead atoms. The molecule has 0 aliphatic rings. The Balaban J connectivity index is -0.0000000670. The van der Waals surface area contributed by atoms with Crippen LogP contribution in [0.25, 0.3) is 0 Å². The van der Waals surface area contributed by atoms with Gasteiger partial charge in [0.15, 0.2) is 5.11 Å². The summed E-state index contributed by atoms with van der Waals surface area (Å²) in [7, 11) is 0. The number of nitrogen functional groups attached to an aromatic ring is 1. The van der Waals surface area contributed by atoms with E-state index >= 15 is 0 Å². The van der Waals surface area contributed by atoms with Gasteiger partial charge in [-0.15, -0.1) is 0 Å². The number of aliphatic hydroxyl groups excluding tert-OH is 1. The summed E-state index contributed by atoms with van der Waals surface area (Å²) in [5.41, 5.74) is 14.4. The van der Waals surface area contributed by atoms with E-state index in [0.717, 1.165) is 0 Å². The number of rotatable bonds is 0.